The molecule has 1 aromatic rings. The van der Waals surface area contributed by atoms with Gasteiger partial charge in [0.1, 0.15) is 0 Å². The molecule has 1 aliphatic carbocycles. The Kier molecular flexibility index (Phi) is 2.33. The molecule has 1 atom stereocenters. The molecule has 1 unspecified atom stereocenters. The van der Waals surface area contributed by atoms with Crippen LogP contribution in [-0.4, -0.2) is 11.2 Å². The Morgan fingerprint density at radius 3 is 2.36 bits per heavy atom. The molecule has 0 aromatic heterocycles. The van der Waals surface area contributed by atoms with Crippen molar-refractivity contribution in [1.82, 2.24) is 0 Å². The molecular weight excluding hydrogens is 174 g/mol. The molecule has 0 heterocycles. The average molecular weight is 191 g/mol. The summed E-state index contributed by atoms with van der Waals surface area (Å²) in [5, 5.41) is 9.22. The van der Waals surface area contributed by atoms with Gasteiger partial charge in [-0.2, -0.15) is 0 Å². The minimum atomic E-state index is -0.270. The van der Waals surface area contributed by atoms with Crippen LogP contribution in [0.3, 0.4) is 0 Å². The number of hydrogen-bond acceptors (Lipinski definition) is 2. The van der Waals surface area contributed by atoms with Crippen molar-refractivity contribution in [3.8, 4) is 0 Å². The number of rotatable bonds is 3. The molecule has 2 nitrogen and oxygen atoms in total. The summed E-state index contributed by atoms with van der Waals surface area (Å²) in [4.78, 5) is 0. The molecule has 0 amide bonds. The molecule has 1 saturated carbocycles. The highest BCUT2D eigenvalue weighted by atomic mass is 16.3. The molecular formula is C12H17NO. The number of hydrogen-bond donors (Lipinski definition) is 2. The molecule has 2 rings (SSSR count). The van der Waals surface area contributed by atoms with E-state index in [1.807, 2.05) is 0 Å². The van der Waals surface area contributed by atoms with Crippen LogP contribution in [0.5, 0.6) is 0 Å². The molecule has 0 radical (unpaired) electrons. The van der Waals surface area contributed by atoms with Crippen LogP contribution in [0.15, 0.2) is 24.3 Å². The van der Waals surface area contributed by atoms with Crippen molar-refractivity contribution in [2.24, 2.45) is 5.73 Å². The molecule has 0 saturated heterocycles. The predicted molar refractivity (Wildman–Crippen MR) is 56.9 cm³/mol. The highest BCUT2D eigenvalue weighted by Crippen LogP contribution is 2.42. The fraction of sp³-hybridized carbons (Fsp3) is 0.500. The zero-order valence-corrected chi connectivity index (χ0v) is 8.53. The highest BCUT2D eigenvalue weighted by Gasteiger charge is 2.39. The molecule has 0 aliphatic heterocycles. The smallest absolute Gasteiger partial charge is 0.0552 e. The molecule has 0 spiro atoms. The van der Waals surface area contributed by atoms with Gasteiger partial charge in [0.15, 0.2) is 0 Å². The maximum Gasteiger partial charge on any atom is 0.0552 e. The fourth-order valence-corrected chi connectivity index (χ4v) is 1.74. The lowest BCUT2D eigenvalue weighted by Crippen LogP contribution is -2.18. The van der Waals surface area contributed by atoms with Crippen LogP contribution in [0.1, 0.15) is 30.9 Å². The van der Waals surface area contributed by atoms with E-state index in [9.17, 15) is 5.11 Å². The maximum absolute atomic E-state index is 9.22. The minimum absolute atomic E-state index is 0.0383. The Balaban J connectivity index is 2.10. The van der Waals surface area contributed by atoms with Gasteiger partial charge in [-0.05, 0) is 37.3 Å². The lowest BCUT2D eigenvalue weighted by atomic mass is 10.0. The Morgan fingerprint density at radius 1 is 1.36 bits per heavy atom. The van der Waals surface area contributed by atoms with E-state index < -0.39 is 0 Å². The second-order valence-electron chi connectivity index (χ2n) is 4.41. The van der Waals surface area contributed by atoms with Crippen molar-refractivity contribution < 1.29 is 5.11 Å². The van der Waals surface area contributed by atoms with Gasteiger partial charge in [0.05, 0.1) is 6.10 Å². The highest BCUT2D eigenvalue weighted by molar-refractivity contribution is 5.32. The summed E-state index contributed by atoms with van der Waals surface area (Å²) in [5.74, 6) is 0. The van der Waals surface area contributed by atoms with Gasteiger partial charge in [-0.15, -0.1) is 0 Å². The maximum atomic E-state index is 9.22. The largest absolute Gasteiger partial charge is 0.393 e. The van der Waals surface area contributed by atoms with E-state index >= 15 is 0 Å². The van der Waals surface area contributed by atoms with E-state index in [0.717, 1.165) is 19.3 Å². The van der Waals surface area contributed by atoms with Crippen molar-refractivity contribution in [3.63, 3.8) is 0 Å². The summed E-state index contributed by atoms with van der Waals surface area (Å²) < 4.78 is 0. The first-order valence-electron chi connectivity index (χ1n) is 5.16. The second-order valence-corrected chi connectivity index (χ2v) is 4.41. The summed E-state index contributed by atoms with van der Waals surface area (Å²) in [6, 6.07) is 8.30. The van der Waals surface area contributed by atoms with Crippen LogP contribution in [0.25, 0.3) is 0 Å². The Morgan fingerprint density at radius 2 is 1.93 bits per heavy atom. The zero-order chi connectivity index (χ0) is 10.2. The molecule has 0 bridgehead atoms. The summed E-state index contributed by atoms with van der Waals surface area (Å²) in [6.07, 6.45) is 2.65. The third-order valence-electron chi connectivity index (χ3n) is 2.85. The van der Waals surface area contributed by atoms with Crippen molar-refractivity contribution in [2.45, 2.75) is 37.8 Å². The SMILES string of the molecule is CC(O)Cc1ccc(C2(N)CC2)cc1. The van der Waals surface area contributed by atoms with Crippen LogP contribution in [0.2, 0.25) is 0 Å². The second kappa shape index (κ2) is 3.37. The van der Waals surface area contributed by atoms with Gasteiger partial charge in [0.25, 0.3) is 0 Å². The normalized spacial score (nSPS) is 20.5. The molecule has 76 valence electrons. The third-order valence-corrected chi connectivity index (χ3v) is 2.85. The van der Waals surface area contributed by atoms with E-state index in [-0.39, 0.29) is 11.6 Å². The van der Waals surface area contributed by atoms with Crippen LogP contribution in [0, 0.1) is 0 Å². The first kappa shape index (κ1) is 9.69. The van der Waals surface area contributed by atoms with Gasteiger partial charge < -0.3 is 10.8 Å². The molecule has 1 aliphatic rings. The van der Waals surface area contributed by atoms with Gasteiger partial charge in [-0.1, -0.05) is 24.3 Å². The van der Waals surface area contributed by atoms with Crippen LogP contribution >= 0.6 is 0 Å². The van der Waals surface area contributed by atoms with Crippen LogP contribution in [-0.2, 0) is 12.0 Å². The number of nitrogens with two attached hydrogens (primary N) is 1. The molecule has 14 heavy (non-hydrogen) atoms. The van der Waals surface area contributed by atoms with E-state index in [1.54, 1.807) is 6.92 Å². The topological polar surface area (TPSA) is 46.2 Å². The Hall–Kier alpha value is -0.860. The minimum Gasteiger partial charge on any atom is -0.393 e. The number of aliphatic hydroxyl groups excluding tert-OH is 1. The summed E-state index contributed by atoms with van der Waals surface area (Å²) in [5.41, 5.74) is 8.43. The van der Waals surface area contributed by atoms with Gasteiger partial charge in [-0.25, -0.2) is 0 Å². The van der Waals surface area contributed by atoms with Crippen LogP contribution < -0.4 is 5.73 Å². The van der Waals surface area contributed by atoms with E-state index in [2.05, 4.69) is 24.3 Å². The Bertz CT molecular complexity index is 312. The van der Waals surface area contributed by atoms with E-state index in [1.165, 1.54) is 11.1 Å². The standard InChI is InChI=1S/C12H17NO/c1-9(14)8-10-2-4-11(5-3-10)12(13)6-7-12/h2-5,9,14H,6-8,13H2,1H3. The van der Waals surface area contributed by atoms with Gasteiger partial charge in [0, 0.05) is 5.54 Å². The molecule has 1 fully saturated rings. The monoisotopic (exact) mass is 191 g/mol. The molecule has 2 heteroatoms. The van der Waals surface area contributed by atoms with E-state index in [0.29, 0.717) is 0 Å². The van der Waals surface area contributed by atoms with Crippen molar-refractivity contribution in [3.05, 3.63) is 35.4 Å². The summed E-state index contributed by atoms with van der Waals surface area (Å²) >= 11 is 0. The quantitative estimate of drug-likeness (QED) is 0.761. The van der Waals surface area contributed by atoms with Crippen molar-refractivity contribution >= 4 is 0 Å². The first-order chi connectivity index (χ1) is 6.60. The van der Waals surface area contributed by atoms with Gasteiger partial charge >= 0.3 is 0 Å². The van der Waals surface area contributed by atoms with E-state index in [4.69, 9.17) is 5.73 Å². The van der Waals surface area contributed by atoms with Crippen LogP contribution in [0.4, 0.5) is 0 Å². The zero-order valence-electron chi connectivity index (χ0n) is 8.53. The number of aliphatic hydroxyl groups is 1. The average Bonchev–Trinajstić information content (AvgIpc) is 2.85. The number of benzene rings is 1. The lowest BCUT2D eigenvalue weighted by molar-refractivity contribution is 0.195. The molecule has 1 aromatic carbocycles. The molecule has 3 N–H and O–H groups in total. The lowest BCUT2D eigenvalue weighted by Gasteiger charge is -2.10. The fourth-order valence-electron chi connectivity index (χ4n) is 1.74. The Labute approximate surface area is 84.7 Å². The summed E-state index contributed by atoms with van der Waals surface area (Å²) in [6.45, 7) is 1.80. The summed E-state index contributed by atoms with van der Waals surface area (Å²) in [7, 11) is 0. The van der Waals surface area contributed by atoms with Gasteiger partial charge in [0.2, 0.25) is 0 Å². The van der Waals surface area contributed by atoms with Crippen molar-refractivity contribution in [1.29, 1.82) is 0 Å². The van der Waals surface area contributed by atoms with Gasteiger partial charge in [-0.3, -0.25) is 0 Å². The predicted octanol–water partition coefficient (Wildman–Crippen LogP) is 1.56. The van der Waals surface area contributed by atoms with Crippen molar-refractivity contribution in [2.75, 3.05) is 0 Å². The third kappa shape index (κ3) is 1.97. The first-order valence-corrected chi connectivity index (χ1v) is 5.16.